The van der Waals surface area contributed by atoms with Crippen LogP contribution in [0.5, 0.6) is 5.75 Å². The van der Waals surface area contributed by atoms with Crippen LogP contribution in [0.15, 0.2) is 71.3 Å². The SMILES string of the molecule is CCCc1c(C(=O)NCc2ccc3c(Br)c(O)ccc3c2)c[nH][n+]1-c1ccccc1. The van der Waals surface area contributed by atoms with Crippen molar-refractivity contribution < 1.29 is 14.6 Å². The first-order valence-corrected chi connectivity index (χ1v) is 10.7. The average Bonchev–Trinajstić information content (AvgIpc) is 3.19. The highest BCUT2D eigenvalue weighted by molar-refractivity contribution is 9.10. The maximum atomic E-state index is 12.9. The summed E-state index contributed by atoms with van der Waals surface area (Å²) >= 11 is 3.42. The van der Waals surface area contributed by atoms with E-state index >= 15 is 0 Å². The summed E-state index contributed by atoms with van der Waals surface area (Å²) in [6.07, 6.45) is 3.51. The minimum absolute atomic E-state index is 0.101. The van der Waals surface area contributed by atoms with E-state index in [1.165, 1.54) is 0 Å². The number of amides is 1. The van der Waals surface area contributed by atoms with Crippen LogP contribution in [0.25, 0.3) is 16.5 Å². The quantitative estimate of drug-likeness (QED) is 0.359. The van der Waals surface area contributed by atoms with Crippen molar-refractivity contribution in [2.45, 2.75) is 26.3 Å². The van der Waals surface area contributed by atoms with Crippen LogP contribution in [-0.2, 0) is 13.0 Å². The van der Waals surface area contributed by atoms with Crippen molar-refractivity contribution in [3.63, 3.8) is 0 Å². The Morgan fingerprint density at radius 1 is 1.13 bits per heavy atom. The van der Waals surface area contributed by atoms with Gasteiger partial charge in [-0.25, -0.2) is 0 Å². The molecule has 1 amide bonds. The highest BCUT2D eigenvalue weighted by atomic mass is 79.9. The van der Waals surface area contributed by atoms with Gasteiger partial charge in [-0.3, -0.25) is 4.79 Å². The smallest absolute Gasteiger partial charge is 0.259 e. The number of fused-ring (bicyclic) bond motifs is 1. The average molecular weight is 465 g/mol. The number of halogens is 1. The third kappa shape index (κ3) is 3.96. The Balaban J connectivity index is 1.55. The van der Waals surface area contributed by atoms with Gasteiger partial charge in [0.15, 0.2) is 0 Å². The molecule has 0 aliphatic rings. The molecule has 0 spiro atoms. The zero-order valence-electron chi connectivity index (χ0n) is 16.7. The van der Waals surface area contributed by atoms with Gasteiger partial charge in [0, 0.05) is 25.1 Å². The number of benzene rings is 3. The normalized spacial score (nSPS) is 11.0. The van der Waals surface area contributed by atoms with E-state index in [0.717, 1.165) is 40.6 Å². The van der Waals surface area contributed by atoms with Gasteiger partial charge >= 0.3 is 0 Å². The molecule has 0 aliphatic carbocycles. The standard InChI is InChI=1S/C24H22BrN3O2/c1-2-6-21-20(15-27-28(21)18-7-4-3-5-8-18)24(30)26-14-16-9-11-19-17(13-16)10-12-22(29)23(19)25/h3-5,7-13,15H,2,6,14H2,1H3,(H2,26,29,30)/p+1. The summed E-state index contributed by atoms with van der Waals surface area (Å²) in [4.78, 5) is 12.9. The van der Waals surface area contributed by atoms with Gasteiger partial charge in [-0.1, -0.05) is 48.0 Å². The highest BCUT2D eigenvalue weighted by Crippen LogP contribution is 2.32. The number of hydrogen-bond acceptors (Lipinski definition) is 2. The molecule has 1 aromatic heterocycles. The van der Waals surface area contributed by atoms with Crippen LogP contribution in [0, 0.1) is 0 Å². The molecule has 0 bridgehead atoms. The Labute approximate surface area is 183 Å². The lowest BCUT2D eigenvalue weighted by molar-refractivity contribution is -0.663. The molecule has 0 unspecified atom stereocenters. The van der Waals surface area contributed by atoms with Crippen molar-refractivity contribution in [3.8, 4) is 11.4 Å². The topological polar surface area (TPSA) is 69.0 Å². The largest absolute Gasteiger partial charge is 0.507 e. The molecule has 152 valence electrons. The molecule has 4 rings (SSSR count). The summed E-state index contributed by atoms with van der Waals surface area (Å²) in [5, 5.41) is 18.0. The number of aromatic amines is 1. The lowest BCUT2D eigenvalue weighted by Crippen LogP contribution is -2.37. The van der Waals surface area contributed by atoms with Gasteiger partial charge in [-0.2, -0.15) is 5.10 Å². The van der Waals surface area contributed by atoms with Crippen LogP contribution in [0.3, 0.4) is 0 Å². The number of nitrogens with one attached hydrogen (secondary N) is 2. The van der Waals surface area contributed by atoms with E-state index in [9.17, 15) is 9.90 Å². The fourth-order valence-electron chi connectivity index (χ4n) is 3.62. The molecular formula is C24H23BrN3O2+. The third-order valence-corrected chi connectivity index (χ3v) is 5.95. The summed E-state index contributed by atoms with van der Waals surface area (Å²) in [5.41, 5.74) is 3.63. The molecule has 4 aromatic rings. The van der Waals surface area contributed by atoms with Gasteiger partial charge in [0.05, 0.1) is 10.7 Å². The minimum Gasteiger partial charge on any atom is -0.507 e. The van der Waals surface area contributed by atoms with E-state index in [1.54, 1.807) is 12.3 Å². The second kappa shape index (κ2) is 8.71. The van der Waals surface area contributed by atoms with Gasteiger partial charge in [-0.05, 0) is 50.8 Å². The lowest BCUT2D eigenvalue weighted by atomic mass is 10.1. The Kier molecular flexibility index (Phi) is 5.86. The third-order valence-electron chi connectivity index (χ3n) is 5.12. The van der Waals surface area contributed by atoms with Gasteiger partial charge < -0.3 is 10.4 Å². The van der Waals surface area contributed by atoms with Gasteiger partial charge in [0.25, 0.3) is 5.91 Å². The number of hydrogen-bond donors (Lipinski definition) is 3. The molecule has 6 heteroatoms. The summed E-state index contributed by atoms with van der Waals surface area (Å²) in [5.74, 6) is 0.113. The fraction of sp³-hybridized carbons (Fsp3) is 0.167. The van der Waals surface area contributed by atoms with Crippen molar-refractivity contribution in [3.05, 3.63) is 88.2 Å². The molecule has 30 heavy (non-hydrogen) atoms. The summed E-state index contributed by atoms with van der Waals surface area (Å²) in [7, 11) is 0. The van der Waals surface area contributed by atoms with Crippen molar-refractivity contribution in [2.75, 3.05) is 0 Å². The van der Waals surface area contributed by atoms with E-state index in [4.69, 9.17) is 0 Å². The molecule has 0 aliphatic heterocycles. The molecular weight excluding hydrogens is 442 g/mol. The molecule has 0 radical (unpaired) electrons. The fourth-order valence-corrected chi connectivity index (χ4v) is 4.11. The molecule has 0 atom stereocenters. The van der Waals surface area contributed by atoms with E-state index in [1.807, 2.05) is 59.3 Å². The Morgan fingerprint density at radius 3 is 2.70 bits per heavy atom. The van der Waals surface area contributed by atoms with E-state index < -0.39 is 0 Å². The molecule has 3 aromatic carbocycles. The second-order valence-electron chi connectivity index (χ2n) is 7.19. The zero-order valence-corrected chi connectivity index (χ0v) is 18.2. The summed E-state index contributed by atoms with van der Waals surface area (Å²) in [6.45, 7) is 2.53. The molecule has 0 fully saturated rings. The highest BCUT2D eigenvalue weighted by Gasteiger charge is 2.25. The predicted octanol–water partition coefficient (Wildman–Crippen LogP) is 4.80. The maximum absolute atomic E-state index is 12.9. The van der Waals surface area contributed by atoms with Gasteiger partial charge in [0.2, 0.25) is 11.4 Å². The predicted molar refractivity (Wildman–Crippen MR) is 121 cm³/mol. The van der Waals surface area contributed by atoms with E-state index in [-0.39, 0.29) is 11.7 Å². The number of aromatic hydroxyl groups is 1. The molecule has 5 nitrogen and oxygen atoms in total. The number of phenols is 1. The summed E-state index contributed by atoms with van der Waals surface area (Å²) in [6, 6.07) is 19.4. The first-order chi connectivity index (χ1) is 14.6. The lowest BCUT2D eigenvalue weighted by Gasteiger charge is -2.08. The Hall–Kier alpha value is -3.12. The number of carbonyl (C=O) groups excluding carboxylic acids is 1. The van der Waals surface area contributed by atoms with Crippen LogP contribution in [-0.4, -0.2) is 16.1 Å². The molecule has 3 N–H and O–H groups in total. The molecule has 0 saturated heterocycles. The number of para-hydroxylation sites is 1. The number of H-pyrrole nitrogens is 1. The monoisotopic (exact) mass is 464 g/mol. The number of carbonyl (C=O) groups is 1. The van der Waals surface area contributed by atoms with Crippen LogP contribution < -0.4 is 10.00 Å². The number of nitrogens with zero attached hydrogens (tertiary/aromatic N) is 1. The van der Waals surface area contributed by atoms with Gasteiger partial charge in [-0.15, -0.1) is 0 Å². The molecule has 0 saturated carbocycles. The van der Waals surface area contributed by atoms with Crippen molar-refractivity contribution in [1.29, 1.82) is 0 Å². The van der Waals surface area contributed by atoms with Crippen LogP contribution in [0.1, 0.15) is 35.0 Å². The summed E-state index contributed by atoms with van der Waals surface area (Å²) < 4.78 is 2.65. The maximum Gasteiger partial charge on any atom is 0.259 e. The Morgan fingerprint density at radius 2 is 1.93 bits per heavy atom. The minimum atomic E-state index is -0.101. The van der Waals surface area contributed by atoms with Crippen molar-refractivity contribution in [1.82, 2.24) is 10.4 Å². The second-order valence-corrected chi connectivity index (χ2v) is 7.98. The number of phenolic OH excluding ortho intramolecular Hbond substituents is 1. The first kappa shape index (κ1) is 20.2. The zero-order chi connectivity index (χ0) is 21.1. The van der Waals surface area contributed by atoms with E-state index in [2.05, 4.69) is 33.3 Å². The van der Waals surface area contributed by atoms with Crippen LogP contribution in [0.2, 0.25) is 0 Å². The molecule has 1 heterocycles. The van der Waals surface area contributed by atoms with E-state index in [0.29, 0.717) is 16.6 Å². The number of aromatic nitrogens is 2. The van der Waals surface area contributed by atoms with Crippen molar-refractivity contribution >= 4 is 32.6 Å². The van der Waals surface area contributed by atoms with Crippen molar-refractivity contribution in [2.24, 2.45) is 0 Å². The van der Waals surface area contributed by atoms with Crippen LogP contribution in [0.4, 0.5) is 0 Å². The Bertz CT molecular complexity index is 1200. The number of rotatable bonds is 6. The first-order valence-electron chi connectivity index (χ1n) is 9.94. The van der Waals surface area contributed by atoms with Gasteiger partial charge in [0.1, 0.15) is 11.3 Å². The van der Waals surface area contributed by atoms with Crippen LogP contribution >= 0.6 is 15.9 Å².